The lowest BCUT2D eigenvalue weighted by Gasteiger charge is -2.15. The number of hydrogen-bond donors (Lipinski definition) is 0. The highest BCUT2D eigenvalue weighted by Gasteiger charge is 2.14. The van der Waals surface area contributed by atoms with E-state index in [4.69, 9.17) is 9.97 Å². The molecule has 0 atom stereocenters. The van der Waals surface area contributed by atoms with Crippen LogP contribution in [0.1, 0.15) is 51.9 Å². The highest BCUT2D eigenvalue weighted by molar-refractivity contribution is 6.00. The lowest BCUT2D eigenvalue weighted by atomic mass is 9.93. The topological polar surface area (TPSA) is 25.8 Å². The Morgan fingerprint density at radius 3 is 1.59 bits per heavy atom. The molecule has 2 nitrogen and oxygen atoms in total. The number of pyridine rings is 2. The zero-order valence-electron chi connectivity index (χ0n) is 24.5. The summed E-state index contributed by atoms with van der Waals surface area (Å²) in [6.45, 7) is 11.0. The number of nitrogens with zero attached hydrogens (tertiary/aromatic N) is 2. The Hall–Kier alpha value is -4.56. The zero-order chi connectivity index (χ0) is 28.6. The molecule has 6 aromatic rings. The van der Waals surface area contributed by atoms with Gasteiger partial charge in [-0.05, 0) is 87.2 Å². The van der Waals surface area contributed by atoms with Crippen molar-refractivity contribution in [2.45, 2.75) is 40.5 Å². The fraction of sp³-hybridized carbons (Fsp3) is 0.179. The third-order valence-electron chi connectivity index (χ3n) is 7.51. The van der Waals surface area contributed by atoms with Crippen molar-refractivity contribution in [1.29, 1.82) is 0 Å². The molecule has 2 aromatic heterocycles. The second kappa shape index (κ2) is 10.8. The smallest absolute Gasteiger partial charge is 0.0715 e. The summed E-state index contributed by atoms with van der Waals surface area (Å²) in [5.41, 5.74) is 11.4. The van der Waals surface area contributed by atoms with Crippen LogP contribution in [0.15, 0.2) is 115 Å². The highest BCUT2D eigenvalue weighted by Crippen LogP contribution is 2.36. The van der Waals surface area contributed by atoms with Gasteiger partial charge in [0.25, 0.3) is 0 Å². The minimum atomic E-state index is 0.0902. The number of allylic oxidation sites excluding steroid dienone is 1. The summed E-state index contributed by atoms with van der Waals surface area (Å²) < 4.78 is 0. The first-order chi connectivity index (χ1) is 19.7. The molecule has 0 N–H and O–H groups in total. The van der Waals surface area contributed by atoms with E-state index in [1.807, 2.05) is 0 Å². The van der Waals surface area contributed by atoms with Gasteiger partial charge in [0, 0.05) is 16.5 Å². The van der Waals surface area contributed by atoms with Crippen molar-refractivity contribution in [3.05, 3.63) is 127 Å². The van der Waals surface area contributed by atoms with Crippen molar-refractivity contribution < 1.29 is 0 Å². The second-order valence-electron chi connectivity index (χ2n) is 12.2. The Kier molecular flexibility index (Phi) is 7.01. The normalized spacial score (nSPS) is 12.1. The van der Waals surface area contributed by atoms with Gasteiger partial charge >= 0.3 is 0 Å². The maximum atomic E-state index is 5.03. The Morgan fingerprint density at radius 1 is 0.561 bits per heavy atom. The Balaban J connectivity index is 1.53. The number of rotatable bonds is 5. The van der Waals surface area contributed by atoms with Gasteiger partial charge in [-0.15, -0.1) is 0 Å². The standard InChI is InChI=1S/C39H36N2/c1-26(2)38-25-33(28-14-10-7-11-15-28)35-23-30(17-19-37(35)41-38)29-16-18-36-34(22-29)32(27-12-8-6-9-13-27)24-31(40-36)20-21-39(3,4)5/h6-26H,1-5H3. The Bertz CT molecular complexity index is 1880. The van der Waals surface area contributed by atoms with E-state index < -0.39 is 0 Å². The molecule has 0 aliphatic rings. The summed E-state index contributed by atoms with van der Waals surface area (Å²) in [6, 6.07) is 39.1. The van der Waals surface area contributed by atoms with Crippen LogP contribution >= 0.6 is 0 Å². The SMILES string of the molecule is CC(C)c1cc(-c2ccccc2)c2cc(-c3ccc4nc(C=CC(C)(C)C)cc(-c5ccccc5)c4c3)ccc2n1. The van der Waals surface area contributed by atoms with Gasteiger partial charge in [-0.1, -0.05) is 113 Å². The van der Waals surface area contributed by atoms with E-state index in [1.54, 1.807) is 0 Å². The molecule has 0 unspecified atom stereocenters. The van der Waals surface area contributed by atoms with Crippen molar-refractivity contribution in [3.8, 4) is 33.4 Å². The fourth-order valence-corrected chi connectivity index (χ4v) is 5.28. The molecule has 4 aromatic carbocycles. The summed E-state index contributed by atoms with van der Waals surface area (Å²) in [7, 11) is 0. The van der Waals surface area contributed by atoms with Crippen LogP contribution in [0.3, 0.4) is 0 Å². The van der Waals surface area contributed by atoms with Gasteiger partial charge in [0.05, 0.1) is 16.7 Å². The Labute approximate surface area is 243 Å². The van der Waals surface area contributed by atoms with Crippen molar-refractivity contribution in [3.63, 3.8) is 0 Å². The lowest BCUT2D eigenvalue weighted by molar-refractivity contribution is 0.547. The molecular formula is C39H36N2. The van der Waals surface area contributed by atoms with Gasteiger partial charge in [-0.25, -0.2) is 4.98 Å². The van der Waals surface area contributed by atoms with Crippen LogP contribution in [0.25, 0.3) is 61.3 Å². The molecule has 0 saturated heterocycles. The van der Waals surface area contributed by atoms with E-state index in [9.17, 15) is 0 Å². The second-order valence-corrected chi connectivity index (χ2v) is 12.2. The molecule has 6 rings (SSSR count). The molecule has 0 fully saturated rings. The average Bonchev–Trinajstić information content (AvgIpc) is 2.99. The predicted molar refractivity (Wildman–Crippen MR) is 176 cm³/mol. The molecular weight excluding hydrogens is 496 g/mol. The zero-order valence-corrected chi connectivity index (χ0v) is 24.5. The molecule has 0 spiro atoms. The predicted octanol–water partition coefficient (Wildman–Crippen LogP) is 11.0. The van der Waals surface area contributed by atoms with E-state index in [-0.39, 0.29) is 5.41 Å². The molecule has 0 aliphatic carbocycles. The van der Waals surface area contributed by atoms with Crippen LogP contribution in [0.5, 0.6) is 0 Å². The molecule has 41 heavy (non-hydrogen) atoms. The van der Waals surface area contributed by atoms with Crippen molar-refractivity contribution in [2.24, 2.45) is 5.41 Å². The molecule has 0 bridgehead atoms. The largest absolute Gasteiger partial charge is 0.253 e. The minimum absolute atomic E-state index is 0.0902. The molecule has 202 valence electrons. The number of aromatic nitrogens is 2. The first kappa shape index (κ1) is 26.7. The lowest BCUT2D eigenvalue weighted by Crippen LogP contribution is -1.98. The van der Waals surface area contributed by atoms with Gasteiger partial charge in [0.15, 0.2) is 0 Å². The number of hydrogen-bond acceptors (Lipinski definition) is 2. The summed E-state index contributed by atoms with van der Waals surface area (Å²) in [5, 5.41) is 2.32. The van der Waals surface area contributed by atoms with E-state index in [2.05, 4.69) is 156 Å². The van der Waals surface area contributed by atoms with Gasteiger partial charge in [-0.2, -0.15) is 0 Å². The van der Waals surface area contributed by atoms with Gasteiger partial charge in [0.2, 0.25) is 0 Å². The summed E-state index contributed by atoms with van der Waals surface area (Å²) in [5.74, 6) is 0.356. The first-order valence-corrected chi connectivity index (χ1v) is 14.5. The van der Waals surface area contributed by atoms with E-state index in [0.717, 1.165) is 27.8 Å². The molecule has 2 heterocycles. The van der Waals surface area contributed by atoms with Crippen LogP contribution in [0.4, 0.5) is 0 Å². The van der Waals surface area contributed by atoms with Crippen LogP contribution < -0.4 is 0 Å². The molecule has 2 heteroatoms. The average molecular weight is 533 g/mol. The molecule has 0 radical (unpaired) electrons. The van der Waals surface area contributed by atoms with E-state index in [1.165, 1.54) is 38.8 Å². The number of benzene rings is 4. The molecule has 0 aliphatic heterocycles. The quantitative estimate of drug-likeness (QED) is 0.221. The van der Waals surface area contributed by atoms with Crippen molar-refractivity contribution >= 4 is 27.9 Å². The summed E-state index contributed by atoms with van der Waals surface area (Å²) in [4.78, 5) is 10.1. The van der Waals surface area contributed by atoms with Crippen molar-refractivity contribution in [2.75, 3.05) is 0 Å². The monoisotopic (exact) mass is 532 g/mol. The summed E-state index contributed by atoms with van der Waals surface area (Å²) in [6.07, 6.45) is 4.37. The van der Waals surface area contributed by atoms with Gasteiger partial charge in [0.1, 0.15) is 0 Å². The maximum Gasteiger partial charge on any atom is 0.0715 e. The van der Waals surface area contributed by atoms with Gasteiger partial charge in [-0.3, -0.25) is 4.98 Å². The highest BCUT2D eigenvalue weighted by atomic mass is 14.7. The Morgan fingerprint density at radius 2 is 1.07 bits per heavy atom. The van der Waals surface area contributed by atoms with Crippen LogP contribution in [-0.2, 0) is 0 Å². The molecule has 0 amide bonds. The van der Waals surface area contributed by atoms with E-state index in [0.29, 0.717) is 5.92 Å². The van der Waals surface area contributed by atoms with Gasteiger partial charge < -0.3 is 0 Å². The van der Waals surface area contributed by atoms with Crippen LogP contribution in [-0.4, -0.2) is 9.97 Å². The first-order valence-electron chi connectivity index (χ1n) is 14.5. The number of fused-ring (bicyclic) bond motifs is 2. The van der Waals surface area contributed by atoms with Crippen LogP contribution in [0.2, 0.25) is 0 Å². The van der Waals surface area contributed by atoms with E-state index >= 15 is 0 Å². The van der Waals surface area contributed by atoms with Crippen molar-refractivity contribution in [1.82, 2.24) is 9.97 Å². The third kappa shape index (κ3) is 5.69. The summed E-state index contributed by atoms with van der Waals surface area (Å²) >= 11 is 0. The molecule has 0 saturated carbocycles. The third-order valence-corrected chi connectivity index (χ3v) is 7.51. The minimum Gasteiger partial charge on any atom is -0.253 e. The fourth-order valence-electron chi connectivity index (χ4n) is 5.28. The van der Waals surface area contributed by atoms with Crippen LogP contribution in [0, 0.1) is 5.41 Å². The maximum absolute atomic E-state index is 5.03.